The normalized spacial score (nSPS) is 14.8. The largest absolute Gasteiger partial charge is 0.365 e. The highest BCUT2D eigenvalue weighted by Crippen LogP contribution is 2.29. The lowest BCUT2D eigenvalue weighted by Crippen LogP contribution is -2.34. The third-order valence-electron chi connectivity index (χ3n) is 6.11. The summed E-state index contributed by atoms with van der Waals surface area (Å²) in [5.74, 6) is -1.13. The van der Waals surface area contributed by atoms with Crippen molar-refractivity contribution in [3.63, 3.8) is 0 Å². The molecular formula is C26H22ClN5O3. The molecule has 2 amide bonds. The lowest BCUT2D eigenvalue weighted by molar-refractivity contribution is 0.0924. The number of nitrogens with two attached hydrogens (primary N) is 1. The van der Waals surface area contributed by atoms with Crippen molar-refractivity contribution >= 4 is 23.4 Å². The molecule has 176 valence electrons. The van der Waals surface area contributed by atoms with Crippen molar-refractivity contribution < 1.29 is 9.59 Å². The van der Waals surface area contributed by atoms with Gasteiger partial charge in [0.25, 0.3) is 17.4 Å². The lowest BCUT2D eigenvalue weighted by Gasteiger charge is -2.26. The van der Waals surface area contributed by atoms with E-state index < -0.39 is 11.5 Å². The highest BCUT2D eigenvalue weighted by Gasteiger charge is 2.27. The van der Waals surface area contributed by atoms with Gasteiger partial charge in [0.1, 0.15) is 11.3 Å². The third kappa shape index (κ3) is 4.48. The molecule has 1 unspecified atom stereocenters. The first-order chi connectivity index (χ1) is 16.9. The molecule has 0 bridgehead atoms. The average molecular weight is 488 g/mol. The van der Waals surface area contributed by atoms with E-state index >= 15 is 0 Å². The number of nitrogens with zero attached hydrogens (tertiary/aromatic N) is 2. The molecule has 4 aromatic rings. The number of hydrogen-bond donors (Lipinski definition) is 3. The standard InChI is InChI=1S/C26H22ClN5O3/c27-16-11-9-15(10-12-16)22-14-23(32(31-22)17-5-2-1-3-6-17)26(35)30-21-8-4-7-20-18(21)13-19(24(28)33)25(34)29-20/h1-3,5-6,9-14,21H,4,7-8H2,(H2,28,33)(H,29,34)(H,30,35). The second-order valence-corrected chi connectivity index (χ2v) is 8.83. The Labute approximate surface area is 205 Å². The number of hydrogen-bond acceptors (Lipinski definition) is 4. The van der Waals surface area contributed by atoms with Crippen LogP contribution in [0.2, 0.25) is 5.02 Å². The number of rotatable bonds is 5. The van der Waals surface area contributed by atoms with Gasteiger partial charge in [-0.05, 0) is 61.2 Å². The van der Waals surface area contributed by atoms with Crippen LogP contribution in [0.4, 0.5) is 0 Å². The molecule has 0 saturated carbocycles. The van der Waals surface area contributed by atoms with E-state index in [1.165, 1.54) is 6.07 Å². The number of aromatic nitrogens is 3. The van der Waals surface area contributed by atoms with Crippen LogP contribution in [0.1, 0.15) is 51.0 Å². The monoisotopic (exact) mass is 487 g/mol. The van der Waals surface area contributed by atoms with Gasteiger partial charge in [-0.1, -0.05) is 41.9 Å². The van der Waals surface area contributed by atoms with Crippen molar-refractivity contribution in [3.8, 4) is 16.9 Å². The summed E-state index contributed by atoms with van der Waals surface area (Å²) < 4.78 is 1.60. The molecule has 0 fully saturated rings. The molecule has 0 aliphatic heterocycles. The van der Waals surface area contributed by atoms with Crippen LogP contribution in [-0.4, -0.2) is 26.6 Å². The number of carbonyl (C=O) groups is 2. The van der Waals surface area contributed by atoms with Crippen molar-refractivity contribution in [1.29, 1.82) is 0 Å². The van der Waals surface area contributed by atoms with Crippen LogP contribution in [0.15, 0.2) is 71.5 Å². The fourth-order valence-corrected chi connectivity index (χ4v) is 4.50. The number of nitrogens with one attached hydrogen (secondary N) is 2. The van der Waals surface area contributed by atoms with E-state index in [2.05, 4.69) is 10.3 Å². The van der Waals surface area contributed by atoms with Crippen molar-refractivity contribution in [2.45, 2.75) is 25.3 Å². The zero-order chi connectivity index (χ0) is 24.5. The number of para-hydroxylation sites is 1. The molecule has 1 atom stereocenters. The number of aromatic amines is 1. The van der Waals surface area contributed by atoms with E-state index in [1.807, 2.05) is 42.5 Å². The summed E-state index contributed by atoms with van der Waals surface area (Å²) in [6, 6.07) is 19.5. The van der Waals surface area contributed by atoms with E-state index in [9.17, 15) is 14.4 Å². The van der Waals surface area contributed by atoms with Crippen LogP contribution in [0.25, 0.3) is 16.9 Å². The smallest absolute Gasteiger partial charge is 0.270 e. The summed E-state index contributed by atoms with van der Waals surface area (Å²) >= 11 is 6.03. The maximum Gasteiger partial charge on any atom is 0.270 e. The first kappa shape index (κ1) is 22.6. The number of pyridine rings is 1. The molecule has 0 spiro atoms. The SMILES string of the molecule is NC(=O)c1cc2c([nH]c1=O)CCCC2NC(=O)c1cc(-c2ccc(Cl)cc2)nn1-c1ccccc1. The molecule has 4 N–H and O–H groups in total. The van der Waals surface area contributed by atoms with E-state index in [0.717, 1.165) is 17.7 Å². The molecular weight excluding hydrogens is 466 g/mol. The quantitative estimate of drug-likeness (QED) is 0.396. The molecule has 0 radical (unpaired) electrons. The van der Waals surface area contributed by atoms with Gasteiger partial charge in [0.15, 0.2) is 0 Å². The molecule has 0 saturated heterocycles. The van der Waals surface area contributed by atoms with Crippen molar-refractivity contribution in [3.05, 3.63) is 105 Å². The van der Waals surface area contributed by atoms with E-state index in [0.29, 0.717) is 40.5 Å². The number of halogens is 1. The summed E-state index contributed by atoms with van der Waals surface area (Å²) in [7, 11) is 0. The summed E-state index contributed by atoms with van der Waals surface area (Å²) in [5, 5.41) is 8.37. The molecule has 1 aliphatic carbocycles. The topological polar surface area (TPSA) is 123 Å². The average Bonchev–Trinajstić information content (AvgIpc) is 3.30. The van der Waals surface area contributed by atoms with Gasteiger partial charge in [-0.15, -0.1) is 0 Å². The second-order valence-electron chi connectivity index (χ2n) is 8.40. The van der Waals surface area contributed by atoms with Gasteiger partial charge < -0.3 is 16.0 Å². The predicted octanol–water partition coefficient (Wildman–Crippen LogP) is 3.79. The van der Waals surface area contributed by atoms with Crippen LogP contribution in [-0.2, 0) is 6.42 Å². The Kier molecular flexibility index (Phi) is 5.96. The highest BCUT2D eigenvalue weighted by molar-refractivity contribution is 6.30. The maximum atomic E-state index is 13.5. The molecule has 1 aliphatic rings. The van der Waals surface area contributed by atoms with Gasteiger partial charge in [0.2, 0.25) is 0 Å². The molecule has 8 nitrogen and oxygen atoms in total. The lowest BCUT2D eigenvalue weighted by atomic mass is 9.90. The van der Waals surface area contributed by atoms with Crippen LogP contribution in [0.5, 0.6) is 0 Å². The molecule has 35 heavy (non-hydrogen) atoms. The van der Waals surface area contributed by atoms with Crippen LogP contribution in [0, 0.1) is 0 Å². The first-order valence-corrected chi connectivity index (χ1v) is 11.6. The Morgan fingerprint density at radius 1 is 1.09 bits per heavy atom. The minimum Gasteiger partial charge on any atom is -0.365 e. The summed E-state index contributed by atoms with van der Waals surface area (Å²) in [6.07, 6.45) is 2.09. The highest BCUT2D eigenvalue weighted by atomic mass is 35.5. The third-order valence-corrected chi connectivity index (χ3v) is 6.36. The van der Waals surface area contributed by atoms with E-state index in [4.69, 9.17) is 22.4 Å². The molecule has 2 heterocycles. The minimum atomic E-state index is -0.806. The van der Waals surface area contributed by atoms with E-state index in [-0.39, 0.29) is 17.5 Å². The summed E-state index contributed by atoms with van der Waals surface area (Å²) in [6.45, 7) is 0. The van der Waals surface area contributed by atoms with Crippen molar-refractivity contribution in [2.75, 3.05) is 0 Å². The minimum absolute atomic E-state index is 0.121. The van der Waals surface area contributed by atoms with Gasteiger partial charge in [0, 0.05) is 16.3 Å². The fourth-order valence-electron chi connectivity index (χ4n) is 4.38. The van der Waals surface area contributed by atoms with Gasteiger partial charge in [-0.25, -0.2) is 4.68 Å². The Balaban J connectivity index is 1.53. The second kappa shape index (κ2) is 9.23. The number of primary amides is 1. The summed E-state index contributed by atoms with van der Waals surface area (Å²) in [5.41, 5.74) is 8.68. The van der Waals surface area contributed by atoms with E-state index in [1.54, 1.807) is 22.9 Å². The molecule has 5 rings (SSSR count). The number of amides is 2. The van der Waals surface area contributed by atoms with Gasteiger partial charge >= 0.3 is 0 Å². The number of aryl methyl sites for hydroxylation is 1. The van der Waals surface area contributed by atoms with Crippen molar-refractivity contribution in [1.82, 2.24) is 20.1 Å². The Morgan fingerprint density at radius 3 is 2.54 bits per heavy atom. The molecule has 2 aromatic heterocycles. The zero-order valence-electron chi connectivity index (χ0n) is 18.6. The molecule has 9 heteroatoms. The number of benzene rings is 2. The predicted molar refractivity (Wildman–Crippen MR) is 133 cm³/mol. The Bertz CT molecular complexity index is 1480. The van der Waals surface area contributed by atoms with Crippen LogP contribution >= 0.6 is 11.6 Å². The maximum absolute atomic E-state index is 13.5. The fraction of sp³-hybridized carbons (Fsp3) is 0.154. The molecule has 2 aromatic carbocycles. The van der Waals surface area contributed by atoms with Crippen LogP contribution < -0.4 is 16.6 Å². The Morgan fingerprint density at radius 2 is 1.83 bits per heavy atom. The zero-order valence-corrected chi connectivity index (χ0v) is 19.4. The number of carbonyl (C=O) groups excluding carboxylic acids is 2. The first-order valence-electron chi connectivity index (χ1n) is 11.2. The Hall–Kier alpha value is -4.17. The number of fused-ring (bicyclic) bond motifs is 1. The van der Waals surface area contributed by atoms with Gasteiger partial charge in [0.05, 0.1) is 17.4 Å². The summed E-state index contributed by atoms with van der Waals surface area (Å²) in [4.78, 5) is 40.2. The van der Waals surface area contributed by atoms with Crippen molar-refractivity contribution in [2.24, 2.45) is 5.73 Å². The number of H-pyrrole nitrogens is 1. The van der Waals surface area contributed by atoms with Gasteiger partial charge in [-0.3, -0.25) is 14.4 Å². The van der Waals surface area contributed by atoms with Crippen LogP contribution in [0.3, 0.4) is 0 Å². The van der Waals surface area contributed by atoms with Gasteiger partial charge in [-0.2, -0.15) is 5.10 Å².